The Morgan fingerprint density at radius 3 is 2.69 bits per heavy atom. The number of carbonyl (C=O) groups excluding carboxylic acids is 1. The van der Waals surface area contributed by atoms with Gasteiger partial charge in [-0.15, -0.1) is 0 Å². The van der Waals surface area contributed by atoms with Crippen LogP contribution in [-0.2, 0) is 14.6 Å². The number of sulfone groups is 1. The molecule has 1 aromatic heterocycles. The molecular weight excluding hydrogens is 390 g/mol. The van der Waals surface area contributed by atoms with Gasteiger partial charge < -0.3 is 14.1 Å². The van der Waals surface area contributed by atoms with Gasteiger partial charge in [-0.1, -0.05) is 25.1 Å². The van der Waals surface area contributed by atoms with E-state index in [2.05, 4.69) is 0 Å². The fourth-order valence-corrected chi connectivity index (χ4v) is 5.73. The highest BCUT2D eigenvalue weighted by molar-refractivity contribution is 7.91. The molecule has 29 heavy (non-hydrogen) atoms. The van der Waals surface area contributed by atoms with E-state index in [1.54, 1.807) is 11.0 Å². The molecule has 0 N–H and O–H groups in total. The molecule has 0 unspecified atom stereocenters. The molecule has 2 heterocycles. The maximum Gasteiger partial charge on any atom is 0.261 e. The number of benzene rings is 2. The van der Waals surface area contributed by atoms with E-state index in [0.29, 0.717) is 12.2 Å². The highest BCUT2D eigenvalue weighted by Gasteiger charge is 2.36. The minimum atomic E-state index is -3.07. The third kappa shape index (κ3) is 3.96. The highest BCUT2D eigenvalue weighted by atomic mass is 32.2. The summed E-state index contributed by atoms with van der Waals surface area (Å²) in [6.07, 6.45) is 1.25. The van der Waals surface area contributed by atoms with Crippen LogP contribution >= 0.6 is 0 Å². The van der Waals surface area contributed by atoms with E-state index in [0.717, 1.165) is 28.4 Å². The van der Waals surface area contributed by atoms with Gasteiger partial charge in [0.25, 0.3) is 5.91 Å². The predicted molar refractivity (Wildman–Crippen MR) is 113 cm³/mol. The summed E-state index contributed by atoms with van der Waals surface area (Å²) in [7, 11) is -3.07. The molecule has 1 amide bonds. The third-order valence-corrected chi connectivity index (χ3v) is 7.42. The molecule has 7 heteroatoms. The predicted octanol–water partition coefficient (Wildman–Crippen LogP) is 3.78. The Balaban J connectivity index is 1.52. The second-order valence-corrected chi connectivity index (χ2v) is 9.89. The molecule has 0 aliphatic carbocycles. The van der Waals surface area contributed by atoms with Gasteiger partial charge in [-0.2, -0.15) is 0 Å². The van der Waals surface area contributed by atoms with Crippen LogP contribution < -0.4 is 4.74 Å². The van der Waals surface area contributed by atoms with Gasteiger partial charge in [0.15, 0.2) is 16.4 Å². The maximum absolute atomic E-state index is 12.9. The van der Waals surface area contributed by atoms with E-state index in [9.17, 15) is 13.2 Å². The van der Waals surface area contributed by atoms with Gasteiger partial charge in [0.05, 0.1) is 11.5 Å². The van der Waals surface area contributed by atoms with Crippen molar-refractivity contribution in [2.45, 2.75) is 38.8 Å². The monoisotopic (exact) mass is 415 g/mol. The first kappa shape index (κ1) is 19.8. The van der Waals surface area contributed by atoms with E-state index in [1.807, 2.05) is 50.2 Å². The van der Waals surface area contributed by atoms with Crippen LogP contribution in [0, 0.1) is 0 Å². The normalized spacial score (nSPS) is 19.4. The van der Waals surface area contributed by atoms with Crippen molar-refractivity contribution in [3.63, 3.8) is 0 Å². The molecule has 1 aliphatic heterocycles. The minimum Gasteiger partial charge on any atom is -0.484 e. The first-order valence-corrected chi connectivity index (χ1v) is 11.8. The van der Waals surface area contributed by atoms with Crippen molar-refractivity contribution in [2.75, 3.05) is 18.1 Å². The lowest BCUT2D eigenvalue weighted by molar-refractivity contribution is -0.137. The fourth-order valence-electron chi connectivity index (χ4n) is 4.02. The zero-order chi connectivity index (χ0) is 20.6. The quantitative estimate of drug-likeness (QED) is 0.612. The Hall–Kier alpha value is -2.54. The number of fused-ring (bicyclic) bond motifs is 3. The molecule has 0 saturated carbocycles. The molecule has 0 spiro atoms. The molecule has 2 aromatic carbocycles. The maximum atomic E-state index is 12.9. The molecule has 0 radical (unpaired) electrons. The summed E-state index contributed by atoms with van der Waals surface area (Å²) < 4.78 is 35.4. The van der Waals surface area contributed by atoms with Gasteiger partial charge in [-0.3, -0.25) is 4.79 Å². The summed E-state index contributed by atoms with van der Waals surface area (Å²) in [5.41, 5.74) is 1.57. The van der Waals surface area contributed by atoms with Crippen molar-refractivity contribution in [1.29, 1.82) is 0 Å². The van der Waals surface area contributed by atoms with Crippen LogP contribution in [0.4, 0.5) is 0 Å². The lowest BCUT2D eigenvalue weighted by atomic mass is 10.1. The van der Waals surface area contributed by atoms with Crippen molar-refractivity contribution in [3.8, 4) is 5.75 Å². The van der Waals surface area contributed by atoms with E-state index < -0.39 is 9.84 Å². The van der Waals surface area contributed by atoms with Gasteiger partial charge in [0, 0.05) is 22.9 Å². The second-order valence-electron chi connectivity index (χ2n) is 7.66. The topological polar surface area (TPSA) is 76.8 Å². The lowest BCUT2D eigenvalue weighted by Crippen LogP contribution is -2.48. The van der Waals surface area contributed by atoms with Crippen LogP contribution in [0.1, 0.15) is 26.7 Å². The molecule has 4 rings (SSSR count). The Bertz CT molecular complexity index is 1150. The fraction of sp³-hybridized carbons (Fsp3) is 0.409. The van der Waals surface area contributed by atoms with Gasteiger partial charge in [0.2, 0.25) is 0 Å². The molecule has 0 bridgehead atoms. The van der Waals surface area contributed by atoms with Crippen LogP contribution in [0.5, 0.6) is 5.75 Å². The van der Waals surface area contributed by atoms with E-state index in [-0.39, 0.29) is 36.1 Å². The zero-order valence-corrected chi connectivity index (χ0v) is 17.4. The third-order valence-electron chi connectivity index (χ3n) is 5.67. The van der Waals surface area contributed by atoms with Crippen LogP contribution in [0.15, 0.2) is 46.9 Å². The molecule has 3 aromatic rings. The van der Waals surface area contributed by atoms with Crippen LogP contribution in [-0.4, -0.2) is 49.4 Å². The molecular formula is C22H25NO5S. The number of amides is 1. The van der Waals surface area contributed by atoms with Crippen LogP contribution in [0.3, 0.4) is 0 Å². The number of hydrogen-bond donors (Lipinski definition) is 0. The van der Waals surface area contributed by atoms with Crippen molar-refractivity contribution < 1.29 is 22.4 Å². The molecule has 1 aliphatic rings. The number of para-hydroxylation sites is 1. The zero-order valence-electron chi connectivity index (χ0n) is 16.6. The number of carbonyl (C=O) groups is 1. The molecule has 6 nitrogen and oxygen atoms in total. The number of nitrogens with zero attached hydrogens (tertiary/aromatic N) is 1. The van der Waals surface area contributed by atoms with Gasteiger partial charge in [0.1, 0.15) is 16.9 Å². The van der Waals surface area contributed by atoms with Crippen molar-refractivity contribution in [3.05, 3.63) is 42.5 Å². The van der Waals surface area contributed by atoms with E-state index in [4.69, 9.17) is 9.15 Å². The summed E-state index contributed by atoms with van der Waals surface area (Å²) in [4.78, 5) is 14.6. The largest absolute Gasteiger partial charge is 0.484 e. The molecule has 2 atom stereocenters. The lowest BCUT2D eigenvalue weighted by Gasteiger charge is -2.33. The van der Waals surface area contributed by atoms with Crippen molar-refractivity contribution >= 4 is 37.7 Å². The van der Waals surface area contributed by atoms with Crippen molar-refractivity contribution in [1.82, 2.24) is 4.90 Å². The van der Waals surface area contributed by atoms with E-state index >= 15 is 0 Å². The first-order valence-electron chi connectivity index (χ1n) is 9.93. The molecule has 154 valence electrons. The van der Waals surface area contributed by atoms with Gasteiger partial charge >= 0.3 is 0 Å². The molecule has 1 saturated heterocycles. The Kier molecular flexibility index (Phi) is 5.25. The van der Waals surface area contributed by atoms with E-state index in [1.165, 1.54) is 0 Å². The number of ether oxygens (including phenoxy) is 1. The summed E-state index contributed by atoms with van der Waals surface area (Å²) in [5.74, 6) is 0.582. The summed E-state index contributed by atoms with van der Waals surface area (Å²) in [6, 6.07) is 13.0. The van der Waals surface area contributed by atoms with Crippen LogP contribution in [0.25, 0.3) is 21.9 Å². The van der Waals surface area contributed by atoms with Crippen molar-refractivity contribution in [2.24, 2.45) is 0 Å². The average Bonchev–Trinajstić information content (AvgIpc) is 3.25. The van der Waals surface area contributed by atoms with Gasteiger partial charge in [-0.05, 0) is 44.0 Å². The van der Waals surface area contributed by atoms with Gasteiger partial charge in [-0.25, -0.2) is 8.42 Å². The summed E-state index contributed by atoms with van der Waals surface area (Å²) in [6.45, 7) is 3.82. The Morgan fingerprint density at radius 1 is 1.21 bits per heavy atom. The standard InChI is InChI=1S/C22H25NO5S/c1-3-15(2)23(16-10-11-29(25,26)14-16)22(24)13-27-17-8-9-21-19(12-17)18-6-4-5-7-20(18)28-21/h4-9,12,15-16H,3,10-11,13-14H2,1-2H3/t15-,16+/m0/s1. The molecule has 1 fully saturated rings. The smallest absolute Gasteiger partial charge is 0.261 e. The average molecular weight is 416 g/mol. The minimum absolute atomic E-state index is 0.0373. The summed E-state index contributed by atoms with van der Waals surface area (Å²) >= 11 is 0. The number of hydrogen-bond acceptors (Lipinski definition) is 5. The highest BCUT2D eigenvalue weighted by Crippen LogP contribution is 2.31. The van der Waals surface area contributed by atoms with Crippen LogP contribution in [0.2, 0.25) is 0 Å². The SMILES string of the molecule is CC[C@H](C)N(C(=O)COc1ccc2oc3ccccc3c2c1)[C@@H]1CCS(=O)(=O)C1. The Morgan fingerprint density at radius 2 is 1.97 bits per heavy atom. The number of furan rings is 1. The first-order chi connectivity index (χ1) is 13.9. The Labute approximate surface area is 170 Å². The second kappa shape index (κ2) is 7.71. The summed E-state index contributed by atoms with van der Waals surface area (Å²) in [5, 5.41) is 1.93. The number of rotatable bonds is 6.